The van der Waals surface area contributed by atoms with Gasteiger partial charge in [0.2, 0.25) is 5.91 Å². The van der Waals surface area contributed by atoms with E-state index in [0.29, 0.717) is 46.5 Å². The van der Waals surface area contributed by atoms with Gasteiger partial charge in [0.1, 0.15) is 6.54 Å². The van der Waals surface area contributed by atoms with Gasteiger partial charge in [-0.3, -0.25) is 19.4 Å². The predicted octanol–water partition coefficient (Wildman–Crippen LogP) is 3.52. The van der Waals surface area contributed by atoms with Crippen molar-refractivity contribution in [3.8, 4) is 0 Å². The molecule has 8 nitrogen and oxygen atoms in total. The van der Waals surface area contributed by atoms with Crippen molar-refractivity contribution in [1.82, 2.24) is 24.9 Å². The molecular weight excluding hydrogens is 513 g/mol. The number of amides is 4. The molecular formula is C27H29Cl2N5O3. The van der Waals surface area contributed by atoms with Gasteiger partial charge in [0, 0.05) is 49.3 Å². The number of nitrogens with one attached hydrogen (secondary N) is 1. The molecule has 0 bridgehead atoms. The molecule has 1 fully saturated rings. The molecule has 1 atom stereocenters. The summed E-state index contributed by atoms with van der Waals surface area (Å²) in [6.45, 7) is 6.08. The van der Waals surface area contributed by atoms with E-state index in [-0.39, 0.29) is 30.9 Å². The van der Waals surface area contributed by atoms with Crippen LogP contribution in [0.5, 0.6) is 0 Å². The second-order valence-corrected chi connectivity index (χ2v) is 10.3. The SMILES string of the molecule is CCN1C(=O)N[C@@H](c2ccc(Cl)cc2Cl)C2=C1CN(CC(=O)N1CCN(Cc3ccccc3)CC1)C2=O. The van der Waals surface area contributed by atoms with Crippen LogP contribution >= 0.6 is 23.2 Å². The fraction of sp³-hybridized carbons (Fsp3) is 0.370. The van der Waals surface area contributed by atoms with Gasteiger partial charge in [-0.25, -0.2) is 4.79 Å². The summed E-state index contributed by atoms with van der Waals surface area (Å²) >= 11 is 12.5. The quantitative estimate of drug-likeness (QED) is 0.607. The first-order chi connectivity index (χ1) is 17.9. The lowest BCUT2D eigenvalue weighted by molar-refractivity contribution is -0.139. The van der Waals surface area contributed by atoms with E-state index in [9.17, 15) is 14.4 Å². The van der Waals surface area contributed by atoms with E-state index in [0.717, 1.165) is 19.6 Å². The molecule has 2 aromatic carbocycles. The smallest absolute Gasteiger partial charge is 0.322 e. The van der Waals surface area contributed by atoms with Gasteiger partial charge in [-0.15, -0.1) is 0 Å². The Morgan fingerprint density at radius 2 is 1.76 bits per heavy atom. The van der Waals surface area contributed by atoms with E-state index in [1.54, 1.807) is 23.1 Å². The molecule has 0 saturated carbocycles. The number of carbonyl (C=O) groups excluding carboxylic acids is 3. The molecule has 3 heterocycles. The normalized spacial score (nSPS) is 20.4. The van der Waals surface area contributed by atoms with Crippen molar-refractivity contribution in [3.63, 3.8) is 0 Å². The number of piperazine rings is 1. The first kappa shape index (κ1) is 25.6. The molecule has 1 N–H and O–H groups in total. The summed E-state index contributed by atoms with van der Waals surface area (Å²) < 4.78 is 0. The summed E-state index contributed by atoms with van der Waals surface area (Å²) in [6.07, 6.45) is 0. The number of hydrogen-bond acceptors (Lipinski definition) is 4. The zero-order valence-corrected chi connectivity index (χ0v) is 22.1. The van der Waals surface area contributed by atoms with Crippen molar-refractivity contribution in [1.29, 1.82) is 0 Å². The van der Waals surface area contributed by atoms with E-state index < -0.39 is 6.04 Å². The Balaban J connectivity index is 1.27. The maximum Gasteiger partial charge on any atom is 0.322 e. The molecule has 10 heteroatoms. The number of hydrogen-bond donors (Lipinski definition) is 1. The minimum atomic E-state index is -0.704. The number of benzene rings is 2. The molecule has 0 unspecified atom stereocenters. The van der Waals surface area contributed by atoms with Gasteiger partial charge in [-0.2, -0.15) is 0 Å². The van der Waals surface area contributed by atoms with Crippen LogP contribution in [0.15, 0.2) is 59.8 Å². The van der Waals surface area contributed by atoms with Crippen molar-refractivity contribution < 1.29 is 14.4 Å². The highest BCUT2D eigenvalue weighted by atomic mass is 35.5. The van der Waals surface area contributed by atoms with Gasteiger partial charge in [-0.1, -0.05) is 59.6 Å². The lowest BCUT2D eigenvalue weighted by Gasteiger charge is -2.35. The number of halogens is 2. The largest absolute Gasteiger partial charge is 0.339 e. The van der Waals surface area contributed by atoms with Crippen LogP contribution in [0.2, 0.25) is 10.0 Å². The first-order valence-corrected chi connectivity index (χ1v) is 13.2. The van der Waals surface area contributed by atoms with Crippen LogP contribution in [0.25, 0.3) is 0 Å². The third kappa shape index (κ3) is 5.19. The third-order valence-corrected chi connectivity index (χ3v) is 7.75. The van der Waals surface area contributed by atoms with E-state index in [1.165, 1.54) is 10.5 Å². The topological polar surface area (TPSA) is 76.2 Å². The Labute approximate surface area is 226 Å². The Morgan fingerprint density at radius 1 is 1.03 bits per heavy atom. The fourth-order valence-electron chi connectivity index (χ4n) is 5.24. The molecule has 0 aromatic heterocycles. The summed E-state index contributed by atoms with van der Waals surface area (Å²) in [5, 5.41) is 3.74. The molecule has 3 aliphatic rings. The standard InChI is InChI=1S/C27H29Cl2N5O3/c1-2-34-22-16-33(17-23(35)32-12-10-31(11-13-32)15-18-6-4-3-5-7-18)26(36)24(22)25(30-27(34)37)20-9-8-19(28)14-21(20)29/h3-9,14,25H,2,10-13,15-17H2,1H3,(H,30,37)/t25-/m0/s1. The second kappa shape index (κ2) is 10.7. The van der Waals surface area contributed by atoms with Crippen molar-refractivity contribution in [2.24, 2.45) is 0 Å². The molecule has 1 saturated heterocycles. The highest BCUT2D eigenvalue weighted by molar-refractivity contribution is 6.35. The zero-order chi connectivity index (χ0) is 26.1. The number of urea groups is 1. The maximum absolute atomic E-state index is 13.6. The number of carbonyl (C=O) groups is 3. The van der Waals surface area contributed by atoms with Crippen LogP contribution in [-0.2, 0) is 16.1 Å². The Morgan fingerprint density at radius 3 is 2.43 bits per heavy atom. The maximum atomic E-state index is 13.6. The lowest BCUT2D eigenvalue weighted by Crippen LogP contribution is -2.51. The van der Waals surface area contributed by atoms with Crippen LogP contribution in [0.4, 0.5) is 4.79 Å². The minimum absolute atomic E-state index is 0.0304. The van der Waals surface area contributed by atoms with Gasteiger partial charge in [0.25, 0.3) is 5.91 Å². The summed E-state index contributed by atoms with van der Waals surface area (Å²) in [7, 11) is 0. The molecule has 0 spiro atoms. The van der Waals surface area contributed by atoms with Gasteiger partial charge < -0.3 is 15.1 Å². The van der Waals surface area contributed by atoms with Gasteiger partial charge in [0.15, 0.2) is 0 Å². The minimum Gasteiger partial charge on any atom is -0.339 e. The van der Waals surface area contributed by atoms with Crippen LogP contribution in [0.1, 0.15) is 24.1 Å². The Bertz CT molecular complexity index is 1240. The molecule has 0 radical (unpaired) electrons. The van der Waals surface area contributed by atoms with Crippen molar-refractivity contribution >= 4 is 41.0 Å². The van der Waals surface area contributed by atoms with Crippen molar-refractivity contribution in [2.75, 3.05) is 45.8 Å². The summed E-state index contributed by atoms with van der Waals surface area (Å²) in [5.74, 6) is -0.350. The van der Waals surface area contributed by atoms with E-state index in [2.05, 4.69) is 22.3 Å². The molecule has 5 rings (SSSR count). The molecule has 4 amide bonds. The van der Waals surface area contributed by atoms with E-state index in [1.807, 2.05) is 30.0 Å². The Hall–Kier alpha value is -3.07. The van der Waals surface area contributed by atoms with Gasteiger partial charge in [0.05, 0.1) is 23.9 Å². The zero-order valence-electron chi connectivity index (χ0n) is 20.6. The predicted molar refractivity (Wildman–Crippen MR) is 142 cm³/mol. The number of rotatable bonds is 6. The third-order valence-electron chi connectivity index (χ3n) is 7.19. The van der Waals surface area contributed by atoms with Crippen LogP contribution in [0, 0.1) is 0 Å². The van der Waals surface area contributed by atoms with Crippen LogP contribution in [-0.4, -0.2) is 83.3 Å². The molecule has 194 valence electrons. The van der Waals surface area contributed by atoms with Crippen molar-refractivity contribution in [2.45, 2.75) is 19.5 Å². The van der Waals surface area contributed by atoms with Gasteiger partial charge >= 0.3 is 6.03 Å². The summed E-state index contributed by atoms with van der Waals surface area (Å²) in [5.41, 5.74) is 2.92. The Kier molecular flexibility index (Phi) is 7.42. The molecule has 0 aliphatic carbocycles. The number of nitrogens with zero attached hydrogens (tertiary/aromatic N) is 4. The average Bonchev–Trinajstić information content (AvgIpc) is 3.20. The second-order valence-electron chi connectivity index (χ2n) is 9.46. The van der Waals surface area contributed by atoms with Crippen LogP contribution < -0.4 is 5.32 Å². The highest BCUT2D eigenvalue weighted by Crippen LogP contribution is 2.39. The number of likely N-dealkylation sites (N-methyl/N-ethyl adjacent to an activating group) is 1. The fourth-order valence-corrected chi connectivity index (χ4v) is 5.76. The lowest BCUT2D eigenvalue weighted by atomic mass is 9.95. The molecule has 2 aromatic rings. The first-order valence-electron chi connectivity index (χ1n) is 12.4. The van der Waals surface area contributed by atoms with Crippen molar-refractivity contribution in [3.05, 3.63) is 81.0 Å². The monoisotopic (exact) mass is 541 g/mol. The van der Waals surface area contributed by atoms with E-state index in [4.69, 9.17) is 23.2 Å². The summed E-state index contributed by atoms with van der Waals surface area (Å²) in [6, 6.07) is 14.3. The highest BCUT2D eigenvalue weighted by Gasteiger charge is 2.44. The molecule has 37 heavy (non-hydrogen) atoms. The van der Waals surface area contributed by atoms with Gasteiger partial charge in [-0.05, 0) is 30.2 Å². The molecule has 3 aliphatic heterocycles. The summed E-state index contributed by atoms with van der Waals surface area (Å²) in [4.78, 5) is 46.9. The van der Waals surface area contributed by atoms with Crippen LogP contribution in [0.3, 0.4) is 0 Å². The average molecular weight is 542 g/mol. The van der Waals surface area contributed by atoms with E-state index >= 15 is 0 Å².